The first-order chi connectivity index (χ1) is 44.5. The van der Waals surface area contributed by atoms with Gasteiger partial charge in [-0.2, -0.15) is 15.3 Å². The summed E-state index contributed by atoms with van der Waals surface area (Å²) in [7, 11) is 5.66. The summed E-state index contributed by atoms with van der Waals surface area (Å²) in [6, 6.07) is 26.3. The quantitative estimate of drug-likeness (QED) is 0.0340. The van der Waals surface area contributed by atoms with Crippen molar-refractivity contribution >= 4 is 112 Å². The number of aliphatic hydroxyl groups is 2. The average Bonchev–Trinajstić information content (AvgIpc) is 1.57. The number of nitrogens with one attached hydrogen (secondary N) is 3. The fourth-order valence-electron chi connectivity index (χ4n) is 8.02. The Morgan fingerprint density at radius 3 is 1.26 bits per heavy atom. The van der Waals surface area contributed by atoms with Crippen LogP contribution in [-0.2, 0) is 37.4 Å². The summed E-state index contributed by atoms with van der Waals surface area (Å²) in [5.41, 5.74) is 22.3. The highest BCUT2D eigenvalue weighted by atomic mass is 79.9. The third kappa shape index (κ3) is 27.0. The molecule has 97 heavy (non-hydrogen) atoms. The zero-order valence-corrected chi connectivity index (χ0v) is 62.6. The number of nitrogens with two attached hydrogens (primary N) is 2. The molecule has 10 rings (SSSR count). The van der Waals surface area contributed by atoms with Crippen molar-refractivity contribution in [3.05, 3.63) is 179 Å². The number of nitrogens with zero attached hydrogens (tertiary/aromatic N) is 13. The van der Waals surface area contributed by atoms with Crippen LogP contribution < -0.4 is 27.4 Å². The molecular formula is C69H97Br2FN18O4S3. The third-order valence-electron chi connectivity index (χ3n) is 13.1. The number of thiazole rings is 1. The molecule has 7 heterocycles. The molecule has 0 amide bonds. The number of carbonyl (C=O) groups is 2. The number of imidazole rings is 3. The van der Waals surface area contributed by atoms with Crippen LogP contribution in [0.3, 0.4) is 0 Å². The topological polar surface area (TPSA) is 283 Å². The Morgan fingerprint density at radius 1 is 0.567 bits per heavy atom. The van der Waals surface area contributed by atoms with E-state index in [0.29, 0.717) is 16.6 Å². The molecule has 7 aromatic heterocycles. The molecule has 3 aromatic carbocycles. The number of benzene rings is 3. The molecular weight excluding hydrogens is 1420 g/mol. The van der Waals surface area contributed by atoms with E-state index in [-0.39, 0.29) is 71.4 Å². The average molecular weight is 1520 g/mol. The first kappa shape index (κ1) is 85.0. The lowest BCUT2D eigenvalue weighted by molar-refractivity contribution is 0.101. The van der Waals surface area contributed by atoms with Gasteiger partial charge in [0.1, 0.15) is 23.3 Å². The molecule has 0 unspecified atom stereocenters. The van der Waals surface area contributed by atoms with Gasteiger partial charge in [0.05, 0.1) is 75.2 Å². The normalized spacial score (nSPS) is 10.6. The van der Waals surface area contributed by atoms with Gasteiger partial charge < -0.3 is 51.3 Å². The van der Waals surface area contributed by atoms with E-state index in [0.717, 1.165) is 84.9 Å². The molecule has 0 fully saturated rings. The summed E-state index contributed by atoms with van der Waals surface area (Å²) in [4.78, 5) is 40.0. The summed E-state index contributed by atoms with van der Waals surface area (Å²) >= 11 is 17.3. The lowest BCUT2D eigenvalue weighted by atomic mass is 9.92. The number of hydrogen-bond donors (Lipinski definition) is 7. The number of anilines is 4. The van der Waals surface area contributed by atoms with E-state index in [1.54, 1.807) is 70.1 Å². The molecule has 9 N–H and O–H groups in total. The Kier molecular flexibility index (Phi) is 34.4. The molecule has 10 aromatic rings. The smallest absolute Gasteiger partial charge is 0.188 e. The van der Waals surface area contributed by atoms with Gasteiger partial charge in [-0.15, -0.1) is 11.3 Å². The van der Waals surface area contributed by atoms with Crippen LogP contribution in [0.4, 0.5) is 27.0 Å². The number of thiocarbonyl (C=S) groups is 2. The minimum atomic E-state index is -0.436. The Morgan fingerprint density at radius 2 is 0.918 bits per heavy atom. The van der Waals surface area contributed by atoms with Crippen LogP contribution in [0.15, 0.2) is 128 Å². The molecule has 0 radical (unpaired) electrons. The fraction of sp³-hybridized carbons (Fsp3) is 0.377. The van der Waals surface area contributed by atoms with Gasteiger partial charge in [0.2, 0.25) is 0 Å². The second-order valence-electron chi connectivity index (χ2n) is 24.3. The zero-order valence-electron chi connectivity index (χ0n) is 57.0. The van der Waals surface area contributed by atoms with E-state index in [1.165, 1.54) is 6.07 Å². The fourth-order valence-corrected chi connectivity index (χ4v) is 9.61. The van der Waals surface area contributed by atoms with Gasteiger partial charge in [-0.3, -0.25) is 23.6 Å². The van der Waals surface area contributed by atoms with Crippen molar-refractivity contribution in [2.45, 2.75) is 128 Å². The number of aryl methyl sites for hydroxylation is 6. The van der Waals surface area contributed by atoms with Crippen molar-refractivity contribution in [3.63, 3.8) is 0 Å². The molecule has 0 saturated carbocycles. The van der Waals surface area contributed by atoms with Gasteiger partial charge in [-0.25, -0.2) is 24.3 Å². The van der Waals surface area contributed by atoms with Gasteiger partial charge >= 0.3 is 0 Å². The van der Waals surface area contributed by atoms with E-state index >= 15 is 0 Å². The summed E-state index contributed by atoms with van der Waals surface area (Å²) < 4.78 is 24.7. The maximum Gasteiger partial charge on any atom is 0.188 e. The summed E-state index contributed by atoms with van der Waals surface area (Å²) in [5, 5.41) is 41.6. The predicted molar refractivity (Wildman–Crippen MR) is 411 cm³/mol. The van der Waals surface area contributed by atoms with E-state index in [1.807, 2.05) is 111 Å². The number of ketones is 2. The van der Waals surface area contributed by atoms with Crippen molar-refractivity contribution in [1.29, 1.82) is 0 Å². The largest absolute Gasteiger partial charge is 0.397 e. The molecule has 28 heteroatoms. The van der Waals surface area contributed by atoms with Gasteiger partial charge in [0.25, 0.3) is 0 Å². The highest BCUT2D eigenvalue weighted by Gasteiger charge is 2.22. The third-order valence-corrected chi connectivity index (χ3v) is 15.0. The second kappa shape index (κ2) is 39.3. The lowest BCUT2D eigenvalue weighted by Crippen LogP contribution is -2.20. The molecule has 0 aliphatic rings. The number of halogens is 3. The Hall–Kier alpha value is -8.12. The van der Waals surface area contributed by atoms with Gasteiger partial charge in [0, 0.05) is 121 Å². The Labute approximate surface area is 602 Å². The number of hydrogen-bond acceptors (Lipinski definition) is 15. The molecule has 0 bridgehead atoms. The van der Waals surface area contributed by atoms with Crippen LogP contribution in [-0.4, -0.2) is 119 Å². The predicted octanol–water partition coefficient (Wildman–Crippen LogP) is 14.8. The van der Waals surface area contributed by atoms with E-state index in [2.05, 4.69) is 176 Å². The summed E-state index contributed by atoms with van der Waals surface area (Å²) in [6.45, 7) is 28.8. The minimum absolute atomic E-state index is 0. The number of Topliss-reactive ketones (excluding diaryl/α,β-unsaturated/α-hetero) is 2. The van der Waals surface area contributed by atoms with Crippen molar-refractivity contribution in [1.82, 2.24) is 63.0 Å². The van der Waals surface area contributed by atoms with Crippen molar-refractivity contribution in [2.24, 2.45) is 32.6 Å². The first-order valence-corrected chi connectivity index (χ1v) is 33.9. The molecule has 0 saturated heterocycles. The van der Waals surface area contributed by atoms with Crippen LogP contribution in [0.5, 0.6) is 0 Å². The van der Waals surface area contributed by atoms with Crippen molar-refractivity contribution < 1.29 is 24.2 Å². The number of aliphatic hydroxyl groups excluding tert-OH is 2. The van der Waals surface area contributed by atoms with E-state index < -0.39 is 5.82 Å². The second-order valence-corrected chi connectivity index (χ2v) is 27.1. The Balaban J connectivity index is 0.000000413. The molecule has 526 valence electrons. The van der Waals surface area contributed by atoms with Crippen LogP contribution in [0.25, 0.3) is 28.3 Å². The number of carbonyl (C=O) groups excluding carboxylic acids is 2. The maximum absolute atomic E-state index is 13.8. The molecule has 22 nitrogen and oxygen atoms in total. The molecule has 0 aliphatic heterocycles. The molecule has 0 aliphatic carbocycles. The van der Waals surface area contributed by atoms with Crippen LogP contribution in [0, 0.1) is 26.6 Å². The zero-order chi connectivity index (χ0) is 71.1. The SMILES string of the molecule is C.C.CCO.CCO.Cc1cn(-c2ccc(-c3csc(Nc4cc(C(C)(C)C)nn4C)n3)cc2)cn1.Cc1cn(-c2ccc(C(=O)CBr)cc2)cn1.Cc1cn(-c2ccc(C(=O)CBr)cc2F)cn1.Cn1nc(C(C)(C)C)cc1NC(N)=S.Cn1nc(C(C)(C)C)cc1NC(N)=S. The maximum atomic E-state index is 13.8. The van der Waals surface area contributed by atoms with Crippen molar-refractivity contribution in [2.75, 3.05) is 39.8 Å². The molecule has 0 spiro atoms. The number of rotatable bonds is 12. The van der Waals surface area contributed by atoms with Crippen LogP contribution in [0.1, 0.15) is 146 Å². The van der Waals surface area contributed by atoms with E-state index in [9.17, 15) is 14.0 Å². The lowest BCUT2D eigenvalue weighted by Gasteiger charge is -2.13. The van der Waals surface area contributed by atoms with Crippen LogP contribution in [0.2, 0.25) is 0 Å². The van der Waals surface area contributed by atoms with Crippen molar-refractivity contribution in [3.8, 4) is 28.3 Å². The summed E-state index contributed by atoms with van der Waals surface area (Å²) in [6.07, 6.45) is 10.8. The standard InChI is InChI=1S/C21H24N6S.C12H10BrFN2O.C12H11BrN2O.2C9H16N4S.2C2H6O.2CH4/c1-14-11-27(13-22-14)16-8-6-15(7-9-16)17-12-28-20(23-17)24-19-10-18(21(2,3)4)25-26(19)5;1-8-6-16(7-15-8)11-3-2-9(4-10(11)14)12(17)5-13;1-9-7-15(8-14-9)11-4-2-10(3-5-11)12(16)6-13;2*1-9(2,3)6-5-7(11-8(10)14)13(4)12-6;2*1-2-3;;/h6-13H,1-5H3,(H,23,24);2-4,6-7H,5H2,1H3;2-5,7-8H,6H2,1H3;2*5H,1-4H3,(H3,10,11,14);2*3H,2H2,1H3;2*1H4. The monoisotopic (exact) mass is 1510 g/mol. The van der Waals surface area contributed by atoms with Gasteiger partial charge in [-0.1, -0.05) is 121 Å². The number of alkyl halides is 2. The van der Waals surface area contributed by atoms with Crippen LogP contribution >= 0.6 is 67.6 Å². The Bertz CT molecular complexity index is 4000. The molecule has 0 atom stereocenters. The summed E-state index contributed by atoms with van der Waals surface area (Å²) in [5.74, 6) is 2.10. The van der Waals surface area contributed by atoms with Gasteiger partial charge in [0.15, 0.2) is 26.9 Å². The minimum Gasteiger partial charge on any atom is -0.397 e. The van der Waals surface area contributed by atoms with E-state index in [4.69, 9.17) is 51.1 Å². The highest BCUT2D eigenvalue weighted by Crippen LogP contribution is 2.31. The number of aromatic nitrogens is 13. The first-order valence-electron chi connectivity index (χ1n) is 30.0. The van der Waals surface area contributed by atoms with Gasteiger partial charge in [-0.05, 0) is 114 Å². The highest BCUT2D eigenvalue weighted by molar-refractivity contribution is 9.09.